The van der Waals surface area contributed by atoms with Crippen LogP contribution in [-0.2, 0) is 6.42 Å². The molecule has 0 aliphatic carbocycles. The summed E-state index contributed by atoms with van der Waals surface area (Å²) in [6.45, 7) is 4.95. The van der Waals surface area contributed by atoms with Crippen LogP contribution in [0.5, 0.6) is 11.5 Å². The predicted octanol–water partition coefficient (Wildman–Crippen LogP) is 3.06. The second kappa shape index (κ2) is 13.4. The Hall–Kier alpha value is -2.20. The Bertz CT molecular complexity index is 828. The van der Waals surface area contributed by atoms with Crippen molar-refractivity contribution in [3.05, 3.63) is 54.1 Å². The zero-order valence-corrected chi connectivity index (χ0v) is 21.4. The summed E-state index contributed by atoms with van der Waals surface area (Å²) in [6, 6.07) is 16.2. The van der Waals surface area contributed by atoms with Gasteiger partial charge in [-0.15, -0.1) is 24.0 Å². The molecule has 0 radical (unpaired) electrons. The van der Waals surface area contributed by atoms with Crippen LogP contribution in [0.15, 0.2) is 53.5 Å². The third-order valence-electron chi connectivity index (χ3n) is 5.35. The molecule has 3 rings (SSSR count). The van der Waals surface area contributed by atoms with Crippen LogP contribution in [0.1, 0.15) is 18.9 Å². The maximum Gasteiger partial charge on any atom is 0.191 e. The predicted molar refractivity (Wildman–Crippen MR) is 141 cm³/mol. The number of methoxy groups -OCH3 is 2. The molecular weight excluding hydrogens is 519 g/mol. The number of anilines is 1. The standard InChI is InChI=1S/C24H34N4O3.HI/c1-4-25-24(26-16-21(29)12-18-8-6-5-7-9-18)27-19-10-11-28(17-19)20-13-22(30-2)15-23(14-20)31-3;/h5-9,13-15,19,21,29H,4,10-12,16-17H2,1-3H3,(H2,25,26,27);1H. The van der Waals surface area contributed by atoms with Crippen molar-refractivity contribution in [1.29, 1.82) is 0 Å². The summed E-state index contributed by atoms with van der Waals surface area (Å²) in [6.07, 6.45) is 1.08. The Morgan fingerprint density at radius 2 is 1.84 bits per heavy atom. The number of aliphatic hydroxyl groups excluding tert-OH is 1. The topological polar surface area (TPSA) is 78.4 Å². The number of rotatable bonds is 9. The van der Waals surface area contributed by atoms with E-state index in [0.717, 1.165) is 54.8 Å². The quantitative estimate of drug-likeness (QED) is 0.251. The number of guanidine groups is 1. The van der Waals surface area contributed by atoms with Gasteiger partial charge in [0.15, 0.2) is 5.96 Å². The zero-order chi connectivity index (χ0) is 22.1. The molecule has 1 aliphatic rings. The van der Waals surface area contributed by atoms with Crippen LogP contribution in [0.2, 0.25) is 0 Å². The number of benzene rings is 2. The van der Waals surface area contributed by atoms with Crippen molar-refractivity contribution in [2.45, 2.75) is 31.9 Å². The summed E-state index contributed by atoms with van der Waals surface area (Å²) in [7, 11) is 3.33. The molecule has 0 aromatic heterocycles. The zero-order valence-electron chi connectivity index (χ0n) is 19.1. The van der Waals surface area contributed by atoms with Crippen molar-refractivity contribution in [1.82, 2.24) is 10.6 Å². The Labute approximate surface area is 208 Å². The van der Waals surface area contributed by atoms with E-state index in [-0.39, 0.29) is 30.0 Å². The van der Waals surface area contributed by atoms with Gasteiger partial charge in [-0.25, -0.2) is 0 Å². The van der Waals surface area contributed by atoms with E-state index in [9.17, 15) is 5.11 Å². The van der Waals surface area contributed by atoms with Crippen LogP contribution in [0.25, 0.3) is 0 Å². The lowest BCUT2D eigenvalue weighted by Gasteiger charge is -2.21. The maximum atomic E-state index is 10.4. The van der Waals surface area contributed by atoms with Crippen molar-refractivity contribution in [2.75, 3.05) is 45.3 Å². The van der Waals surface area contributed by atoms with Gasteiger partial charge in [0.1, 0.15) is 11.5 Å². The average molecular weight is 554 g/mol. The molecule has 0 saturated carbocycles. The molecule has 0 spiro atoms. The molecule has 7 nitrogen and oxygen atoms in total. The molecule has 1 aliphatic heterocycles. The summed E-state index contributed by atoms with van der Waals surface area (Å²) in [5.74, 6) is 2.31. The number of ether oxygens (including phenoxy) is 2. The molecule has 2 atom stereocenters. The Balaban J connectivity index is 0.00000363. The SMILES string of the molecule is CCNC(=NCC(O)Cc1ccccc1)NC1CCN(c2cc(OC)cc(OC)c2)C1.I. The van der Waals surface area contributed by atoms with E-state index in [1.165, 1.54) is 0 Å². The third-order valence-corrected chi connectivity index (χ3v) is 5.35. The van der Waals surface area contributed by atoms with Gasteiger partial charge >= 0.3 is 0 Å². The Morgan fingerprint density at radius 1 is 1.16 bits per heavy atom. The van der Waals surface area contributed by atoms with E-state index in [4.69, 9.17) is 9.47 Å². The number of nitrogens with one attached hydrogen (secondary N) is 2. The van der Waals surface area contributed by atoms with Crippen LogP contribution in [-0.4, -0.2) is 63.6 Å². The molecule has 2 aromatic rings. The molecule has 176 valence electrons. The molecule has 1 fully saturated rings. The van der Waals surface area contributed by atoms with Crippen molar-refractivity contribution < 1.29 is 14.6 Å². The number of halogens is 1. The van der Waals surface area contributed by atoms with E-state index in [1.54, 1.807) is 14.2 Å². The van der Waals surface area contributed by atoms with Gasteiger partial charge in [-0.05, 0) is 18.9 Å². The number of hydrogen-bond donors (Lipinski definition) is 3. The fraction of sp³-hybridized carbons (Fsp3) is 0.458. The lowest BCUT2D eigenvalue weighted by atomic mass is 10.1. The first-order chi connectivity index (χ1) is 15.1. The minimum absolute atomic E-state index is 0. The lowest BCUT2D eigenvalue weighted by molar-refractivity contribution is 0.183. The van der Waals surface area contributed by atoms with E-state index in [0.29, 0.717) is 13.0 Å². The molecule has 2 unspecified atom stereocenters. The fourth-order valence-electron chi connectivity index (χ4n) is 3.75. The van der Waals surface area contributed by atoms with Crippen molar-refractivity contribution in [3.63, 3.8) is 0 Å². The average Bonchev–Trinajstić information content (AvgIpc) is 3.26. The van der Waals surface area contributed by atoms with Crippen LogP contribution in [0.3, 0.4) is 0 Å². The van der Waals surface area contributed by atoms with Gasteiger partial charge < -0.3 is 30.1 Å². The number of aliphatic imine (C=N–C) groups is 1. The Morgan fingerprint density at radius 3 is 2.47 bits per heavy atom. The summed E-state index contributed by atoms with van der Waals surface area (Å²) in [4.78, 5) is 6.93. The molecule has 0 amide bonds. The van der Waals surface area contributed by atoms with Gasteiger partial charge in [-0.2, -0.15) is 0 Å². The van der Waals surface area contributed by atoms with Crippen LogP contribution in [0, 0.1) is 0 Å². The van der Waals surface area contributed by atoms with Crippen molar-refractivity contribution >= 4 is 35.6 Å². The van der Waals surface area contributed by atoms with E-state index in [2.05, 4.69) is 20.5 Å². The largest absolute Gasteiger partial charge is 0.497 e. The second-order valence-electron chi connectivity index (χ2n) is 7.71. The van der Waals surface area contributed by atoms with Crippen molar-refractivity contribution in [3.8, 4) is 11.5 Å². The van der Waals surface area contributed by atoms with Gasteiger partial charge in [0.2, 0.25) is 0 Å². The number of hydrogen-bond acceptors (Lipinski definition) is 5. The highest BCUT2D eigenvalue weighted by atomic mass is 127. The maximum absolute atomic E-state index is 10.4. The highest BCUT2D eigenvalue weighted by Crippen LogP contribution is 2.30. The highest BCUT2D eigenvalue weighted by Gasteiger charge is 2.24. The van der Waals surface area contributed by atoms with Gasteiger partial charge in [0.25, 0.3) is 0 Å². The molecule has 8 heteroatoms. The van der Waals surface area contributed by atoms with E-state index in [1.807, 2.05) is 55.5 Å². The molecule has 1 saturated heterocycles. The molecule has 32 heavy (non-hydrogen) atoms. The summed E-state index contributed by atoms with van der Waals surface area (Å²) >= 11 is 0. The third kappa shape index (κ3) is 7.74. The monoisotopic (exact) mass is 554 g/mol. The lowest BCUT2D eigenvalue weighted by Crippen LogP contribution is -2.45. The van der Waals surface area contributed by atoms with Crippen molar-refractivity contribution in [2.24, 2.45) is 4.99 Å². The van der Waals surface area contributed by atoms with Gasteiger partial charge in [0.05, 0.1) is 26.9 Å². The Kier molecular flexibility index (Phi) is 10.9. The van der Waals surface area contributed by atoms with Gasteiger partial charge in [-0.1, -0.05) is 30.3 Å². The summed E-state index contributed by atoms with van der Waals surface area (Å²) in [5, 5.41) is 17.2. The van der Waals surface area contributed by atoms with E-state index >= 15 is 0 Å². The number of aliphatic hydroxyl groups is 1. The minimum Gasteiger partial charge on any atom is -0.497 e. The fourth-order valence-corrected chi connectivity index (χ4v) is 3.75. The molecule has 2 aromatic carbocycles. The van der Waals surface area contributed by atoms with Gasteiger partial charge in [-0.3, -0.25) is 4.99 Å². The van der Waals surface area contributed by atoms with Crippen LogP contribution in [0.4, 0.5) is 5.69 Å². The second-order valence-corrected chi connectivity index (χ2v) is 7.71. The molecular formula is C24H35IN4O3. The molecule has 1 heterocycles. The highest BCUT2D eigenvalue weighted by molar-refractivity contribution is 14.0. The van der Waals surface area contributed by atoms with E-state index < -0.39 is 6.10 Å². The van der Waals surface area contributed by atoms with Crippen LogP contribution >= 0.6 is 24.0 Å². The number of nitrogens with zero attached hydrogens (tertiary/aromatic N) is 2. The molecule has 3 N–H and O–H groups in total. The summed E-state index contributed by atoms with van der Waals surface area (Å²) < 4.78 is 10.8. The van der Waals surface area contributed by atoms with Crippen LogP contribution < -0.4 is 25.0 Å². The smallest absolute Gasteiger partial charge is 0.191 e. The normalized spacial score (nSPS) is 16.8. The van der Waals surface area contributed by atoms with Gasteiger partial charge in [0, 0.05) is 56.0 Å². The first-order valence-electron chi connectivity index (χ1n) is 10.9. The minimum atomic E-state index is -0.512. The first kappa shape index (κ1) is 26.1. The first-order valence-corrected chi connectivity index (χ1v) is 10.9. The summed E-state index contributed by atoms with van der Waals surface area (Å²) in [5.41, 5.74) is 2.20. The molecule has 0 bridgehead atoms.